The summed E-state index contributed by atoms with van der Waals surface area (Å²) in [6.45, 7) is 0. The van der Waals surface area contributed by atoms with Crippen molar-refractivity contribution in [1.29, 1.82) is 0 Å². The lowest BCUT2D eigenvalue weighted by Crippen LogP contribution is -1.78. The average molecular weight is 280 g/mol. The quantitative estimate of drug-likeness (QED) is 0.836. The van der Waals surface area contributed by atoms with Crippen LogP contribution in [0.4, 0.5) is 5.69 Å². The number of methoxy groups -OCH3 is 1. The number of benzene rings is 2. The van der Waals surface area contributed by atoms with Gasteiger partial charge in [0.15, 0.2) is 0 Å². The van der Waals surface area contributed by atoms with Crippen molar-refractivity contribution in [3.63, 3.8) is 0 Å². The highest BCUT2D eigenvalue weighted by molar-refractivity contribution is 9.10. The van der Waals surface area contributed by atoms with E-state index >= 15 is 0 Å². The smallest absolute Gasteiger partial charge is 0.118 e. The zero-order valence-electron chi connectivity index (χ0n) is 9.06. The number of ether oxygens (including phenoxy) is 1. The summed E-state index contributed by atoms with van der Waals surface area (Å²) < 4.78 is 7.75. The minimum absolute atomic E-state index is 0.910. The van der Waals surface area contributed by atoms with Crippen LogP contribution in [0.15, 0.2) is 60.7 Å². The molecule has 2 aromatic rings. The molecule has 0 saturated heterocycles. The molecule has 0 aliphatic carbocycles. The number of hydrogen-bond acceptors (Lipinski definition) is 2. The topological polar surface area (TPSA) is 21.3 Å². The molecule has 84 valence electrons. The summed E-state index contributed by atoms with van der Waals surface area (Å²) in [6.07, 6.45) is 0. The monoisotopic (exact) mass is 279 g/mol. The van der Waals surface area contributed by atoms with Crippen molar-refractivity contribution in [3.8, 4) is 5.75 Å². The first-order valence-electron chi connectivity index (χ1n) is 4.87. The second kappa shape index (κ2) is 7.77. The first kappa shape index (κ1) is 12.6. The highest BCUT2D eigenvalue weighted by atomic mass is 79.9. The van der Waals surface area contributed by atoms with Crippen LogP contribution in [0.5, 0.6) is 5.75 Å². The maximum Gasteiger partial charge on any atom is 0.118 e. The zero-order valence-corrected chi connectivity index (χ0v) is 10.6. The fraction of sp³-hybridized carbons (Fsp3) is 0.0769. The Morgan fingerprint density at radius 1 is 0.875 bits per heavy atom. The van der Waals surface area contributed by atoms with Crippen molar-refractivity contribution < 1.29 is 4.74 Å². The Kier molecular flexibility index (Phi) is 6.11. The van der Waals surface area contributed by atoms with E-state index in [1.165, 1.54) is 0 Å². The van der Waals surface area contributed by atoms with Gasteiger partial charge in [0.25, 0.3) is 0 Å². The number of para-hydroxylation sites is 2. The molecule has 2 aromatic carbocycles. The molecule has 0 unspecified atom stereocenters. The predicted octanol–water partition coefficient (Wildman–Crippen LogP) is 4.10. The molecule has 0 amide bonds. The van der Waals surface area contributed by atoms with Crippen LogP contribution in [0.2, 0.25) is 0 Å². The molecule has 16 heavy (non-hydrogen) atoms. The molecule has 0 aromatic heterocycles. The highest BCUT2D eigenvalue weighted by Crippen LogP contribution is 2.06. The second-order valence-electron chi connectivity index (χ2n) is 2.98. The minimum Gasteiger partial charge on any atom is -0.497 e. The van der Waals surface area contributed by atoms with Crippen LogP contribution < -0.4 is 9.08 Å². The lowest BCUT2D eigenvalue weighted by molar-refractivity contribution is 0.415. The zero-order chi connectivity index (χ0) is 11.6. The summed E-state index contributed by atoms with van der Waals surface area (Å²) in [7, 11) is 1.66. The number of hydrogen-bond donors (Lipinski definition) is 1. The van der Waals surface area contributed by atoms with Crippen molar-refractivity contribution in [1.82, 2.24) is 0 Å². The highest BCUT2D eigenvalue weighted by Gasteiger charge is 1.80. The van der Waals surface area contributed by atoms with Gasteiger partial charge in [-0.1, -0.05) is 36.4 Å². The molecule has 0 bridgehead atoms. The van der Waals surface area contributed by atoms with Crippen LogP contribution in [0.3, 0.4) is 0 Å². The largest absolute Gasteiger partial charge is 0.497 e. The van der Waals surface area contributed by atoms with E-state index < -0.39 is 0 Å². The predicted molar refractivity (Wildman–Crippen MR) is 72.0 cm³/mol. The van der Waals surface area contributed by atoms with E-state index in [2.05, 4.69) is 20.5 Å². The van der Waals surface area contributed by atoms with E-state index in [-0.39, 0.29) is 0 Å². The number of rotatable bonds is 2. The van der Waals surface area contributed by atoms with Crippen molar-refractivity contribution >= 4 is 21.8 Å². The maximum absolute atomic E-state index is 4.91. The van der Waals surface area contributed by atoms with Crippen LogP contribution in [0, 0.1) is 0 Å². The van der Waals surface area contributed by atoms with Crippen LogP contribution in [-0.2, 0) is 0 Å². The van der Waals surface area contributed by atoms with Gasteiger partial charge < -0.3 is 9.08 Å². The lowest BCUT2D eigenvalue weighted by atomic mass is 10.3. The molecule has 0 saturated carbocycles. The van der Waals surface area contributed by atoms with Gasteiger partial charge in [-0.05, 0) is 24.3 Å². The molecule has 2 rings (SSSR count). The van der Waals surface area contributed by atoms with Gasteiger partial charge in [-0.15, -0.1) is 0 Å². The number of halogens is 1. The third-order valence-corrected chi connectivity index (χ3v) is 2.32. The molecule has 0 fully saturated rings. The van der Waals surface area contributed by atoms with Crippen molar-refractivity contribution in [2.24, 2.45) is 0 Å². The third kappa shape index (κ3) is 4.84. The second-order valence-corrected chi connectivity index (χ2v) is 3.37. The summed E-state index contributed by atoms with van der Waals surface area (Å²) in [4.78, 5) is 0. The summed E-state index contributed by atoms with van der Waals surface area (Å²) in [5.41, 5.74) is 1.08. The Bertz CT molecular complexity index is 338. The molecule has 0 aliphatic rings. The van der Waals surface area contributed by atoms with E-state index in [9.17, 15) is 0 Å². The van der Waals surface area contributed by atoms with Gasteiger partial charge in [0.05, 0.1) is 7.11 Å². The van der Waals surface area contributed by atoms with Gasteiger partial charge in [-0.25, -0.2) is 0 Å². The summed E-state index contributed by atoms with van der Waals surface area (Å²) in [5.74, 6) is 0.910. The van der Waals surface area contributed by atoms with Gasteiger partial charge in [0.1, 0.15) is 5.75 Å². The van der Waals surface area contributed by atoms with E-state index in [0.29, 0.717) is 0 Å². The Hall–Kier alpha value is -1.48. The molecule has 2 nitrogen and oxygen atoms in total. The van der Waals surface area contributed by atoms with Crippen LogP contribution in [-0.4, -0.2) is 7.11 Å². The third-order valence-electron chi connectivity index (χ3n) is 1.86. The van der Waals surface area contributed by atoms with E-state index in [1.807, 2.05) is 60.7 Å². The Morgan fingerprint density at radius 3 is 1.69 bits per heavy atom. The Labute approximate surface area is 105 Å². The van der Waals surface area contributed by atoms with Crippen molar-refractivity contribution in [3.05, 3.63) is 60.7 Å². The summed E-state index contributed by atoms with van der Waals surface area (Å²) in [5, 5.41) is 0. The average Bonchev–Trinajstić information content (AvgIpc) is 2.41. The molecule has 0 aliphatic heterocycles. The Morgan fingerprint density at radius 2 is 1.38 bits per heavy atom. The fourth-order valence-electron chi connectivity index (χ4n) is 1.06. The van der Waals surface area contributed by atoms with Gasteiger partial charge in [-0.3, -0.25) is 0 Å². The molecule has 0 spiro atoms. The van der Waals surface area contributed by atoms with E-state index in [0.717, 1.165) is 11.4 Å². The van der Waals surface area contributed by atoms with Crippen LogP contribution in [0.25, 0.3) is 0 Å². The van der Waals surface area contributed by atoms with Crippen molar-refractivity contribution in [2.45, 2.75) is 0 Å². The molecular weight excluding hydrogens is 266 g/mol. The van der Waals surface area contributed by atoms with E-state index in [4.69, 9.17) is 4.74 Å². The van der Waals surface area contributed by atoms with Crippen LogP contribution >= 0.6 is 16.1 Å². The summed E-state index contributed by atoms with van der Waals surface area (Å²) >= 11 is 3.11. The molecule has 3 heteroatoms. The normalized spacial score (nSPS) is 8.62. The molecule has 0 heterocycles. The lowest BCUT2D eigenvalue weighted by Gasteiger charge is -1.93. The standard InChI is InChI=1S/C7H8O.C6H6BrN/c1-8-7-5-3-2-4-6-7;7-8-6-4-2-1-3-5-6/h2-6H,1H3;1-5,8H. The SMILES string of the molecule is BrNc1ccccc1.COc1ccccc1. The fourth-order valence-corrected chi connectivity index (χ4v) is 1.32. The van der Waals surface area contributed by atoms with Gasteiger partial charge in [0.2, 0.25) is 0 Å². The van der Waals surface area contributed by atoms with E-state index in [1.54, 1.807) is 7.11 Å². The van der Waals surface area contributed by atoms with Gasteiger partial charge in [0, 0.05) is 21.8 Å². The first-order valence-corrected chi connectivity index (χ1v) is 5.67. The molecule has 1 N–H and O–H groups in total. The molecule has 0 radical (unpaired) electrons. The van der Waals surface area contributed by atoms with Crippen LogP contribution in [0.1, 0.15) is 0 Å². The number of anilines is 1. The van der Waals surface area contributed by atoms with Crippen molar-refractivity contribution in [2.75, 3.05) is 11.5 Å². The first-order chi connectivity index (χ1) is 7.86. The number of nitrogens with one attached hydrogen (secondary N) is 1. The van der Waals surface area contributed by atoms with Gasteiger partial charge in [-0.2, -0.15) is 0 Å². The molecule has 0 atom stereocenters. The minimum atomic E-state index is 0.910. The maximum atomic E-state index is 4.91. The molecular formula is C13H14BrNO. The Balaban J connectivity index is 0.000000160. The summed E-state index contributed by atoms with van der Waals surface area (Å²) in [6, 6.07) is 19.6. The van der Waals surface area contributed by atoms with Gasteiger partial charge >= 0.3 is 0 Å².